The number of aromatic nitrogens is 1. The van der Waals surface area contributed by atoms with Gasteiger partial charge in [-0.25, -0.2) is 9.18 Å². The number of carbonyl (C=O) groups is 1. The third kappa shape index (κ3) is 3.84. The number of urea groups is 1. The Morgan fingerprint density at radius 1 is 1.13 bits per heavy atom. The summed E-state index contributed by atoms with van der Waals surface area (Å²) >= 11 is 3.27. The van der Waals surface area contributed by atoms with Gasteiger partial charge in [0.1, 0.15) is 5.82 Å². The number of H-pyrrole nitrogens is 1. The highest BCUT2D eigenvalue weighted by Crippen LogP contribution is 2.39. The van der Waals surface area contributed by atoms with Crippen molar-refractivity contribution in [1.82, 2.24) is 9.88 Å². The van der Waals surface area contributed by atoms with Gasteiger partial charge in [0.15, 0.2) is 0 Å². The molecule has 1 aromatic heterocycles. The van der Waals surface area contributed by atoms with E-state index in [2.05, 4.69) is 42.6 Å². The molecule has 30 heavy (non-hydrogen) atoms. The number of piperidine rings is 1. The predicted octanol–water partition coefficient (Wildman–Crippen LogP) is 6.06. The molecule has 3 aromatic rings. The Morgan fingerprint density at radius 3 is 2.90 bits per heavy atom. The van der Waals surface area contributed by atoms with Crippen LogP contribution in [0.2, 0.25) is 0 Å². The number of aromatic amines is 1. The van der Waals surface area contributed by atoms with Gasteiger partial charge >= 0.3 is 6.03 Å². The third-order valence-corrected chi connectivity index (χ3v) is 7.07. The molecule has 2 unspecified atom stereocenters. The second-order valence-corrected chi connectivity index (χ2v) is 9.12. The predicted molar refractivity (Wildman–Crippen MR) is 122 cm³/mol. The zero-order chi connectivity index (χ0) is 20.7. The fraction of sp³-hybridized carbons (Fsp3) is 0.348. The van der Waals surface area contributed by atoms with Crippen LogP contribution >= 0.6 is 15.9 Å². The lowest BCUT2D eigenvalue weighted by molar-refractivity contribution is 0.181. The van der Waals surface area contributed by atoms with Gasteiger partial charge < -0.3 is 20.5 Å². The number of amides is 2. The van der Waals surface area contributed by atoms with Crippen LogP contribution in [0.4, 0.5) is 20.6 Å². The molecular weight excluding hydrogens is 447 g/mol. The number of hydrogen-bond acceptors (Lipinski definition) is 2. The second-order valence-electron chi connectivity index (χ2n) is 8.26. The van der Waals surface area contributed by atoms with Crippen LogP contribution in [0.15, 0.2) is 47.1 Å². The van der Waals surface area contributed by atoms with Gasteiger partial charge in [0.2, 0.25) is 0 Å². The van der Waals surface area contributed by atoms with Gasteiger partial charge in [-0.2, -0.15) is 0 Å². The third-order valence-electron chi connectivity index (χ3n) is 6.41. The van der Waals surface area contributed by atoms with Gasteiger partial charge in [-0.3, -0.25) is 0 Å². The molecule has 0 radical (unpaired) electrons. The summed E-state index contributed by atoms with van der Waals surface area (Å²) in [6.07, 6.45) is 7.16. The molecule has 0 aliphatic carbocycles. The SMILES string of the molecule is O=C(Nc1ccc2[nH]cc(C3CCN4CCCC4C3)c2c1)Nc1ccc(F)cc1Br. The van der Waals surface area contributed by atoms with Crippen LogP contribution in [-0.4, -0.2) is 35.0 Å². The number of hydrogen-bond donors (Lipinski definition) is 3. The van der Waals surface area contributed by atoms with Crippen molar-refractivity contribution < 1.29 is 9.18 Å². The molecule has 5 rings (SSSR count). The summed E-state index contributed by atoms with van der Waals surface area (Å²) in [5.41, 5.74) is 3.69. The summed E-state index contributed by atoms with van der Waals surface area (Å²) in [6, 6.07) is 10.5. The van der Waals surface area contributed by atoms with Crippen LogP contribution in [0.1, 0.15) is 37.2 Å². The van der Waals surface area contributed by atoms with Gasteiger partial charge in [0, 0.05) is 33.3 Å². The average molecular weight is 471 g/mol. The molecule has 2 saturated heterocycles. The van der Waals surface area contributed by atoms with Crippen molar-refractivity contribution in [2.75, 3.05) is 23.7 Å². The van der Waals surface area contributed by atoms with Crippen LogP contribution in [0, 0.1) is 5.82 Å². The molecule has 156 valence electrons. The first-order chi connectivity index (χ1) is 14.6. The molecule has 0 bridgehead atoms. The van der Waals surface area contributed by atoms with Crippen molar-refractivity contribution in [3.8, 4) is 0 Å². The van der Waals surface area contributed by atoms with E-state index in [1.165, 1.54) is 67.9 Å². The highest BCUT2D eigenvalue weighted by molar-refractivity contribution is 9.10. The molecule has 7 heteroatoms. The lowest BCUT2D eigenvalue weighted by atomic mass is 9.85. The fourth-order valence-electron chi connectivity index (χ4n) is 4.94. The number of halogens is 2. The Labute approximate surface area is 183 Å². The molecule has 5 nitrogen and oxygen atoms in total. The Hall–Kier alpha value is -2.38. The number of carbonyl (C=O) groups excluding carboxylic acids is 1. The maximum absolute atomic E-state index is 13.2. The van der Waals surface area contributed by atoms with Gasteiger partial charge in [-0.1, -0.05) is 0 Å². The zero-order valence-electron chi connectivity index (χ0n) is 16.6. The number of fused-ring (bicyclic) bond motifs is 2. The molecule has 0 saturated carbocycles. The molecule has 2 fully saturated rings. The van der Waals surface area contributed by atoms with Crippen molar-refractivity contribution in [3.63, 3.8) is 0 Å². The van der Waals surface area contributed by atoms with Crippen LogP contribution in [0.5, 0.6) is 0 Å². The van der Waals surface area contributed by atoms with E-state index in [4.69, 9.17) is 0 Å². The topological polar surface area (TPSA) is 60.2 Å². The molecule has 2 aromatic carbocycles. The first kappa shape index (κ1) is 19.6. The van der Waals surface area contributed by atoms with Crippen molar-refractivity contribution in [2.24, 2.45) is 0 Å². The summed E-state index contributed by atoms with van der Waals surface area (Å²) < 4.78 is 13.7. The molecular formula is C23H24BrFN4O. The maximum atomic E-state index is 13.2. The van der Waals surface area contributed by atoms with E-state index in [-0.39, 0.29) is 11.8 Å². The number of rotatable bonds is 3. The minimum absolute atomic E-state index is 0.360. The number of nitrogens with one attached hydrogen (secondary N) is 3. The fourth-order valence-corrected chi connectivity index (χ4v) is 5.39. The maximum Gasteiger partial charge on any atom is 0.323 e. The Kier molecular flexibility index (Phi) is 5.25. The minimum Gasteiger partial charge on any atom is -0.361 e. The van der Waals surface area contributed by atoms with E-state index in [1.807, 2.05) is 18.2 Å². The summed E-state index contributed by atoms with van der Waals surface area (Å²) in [5, 5.41) is 6.82. The normalized spacial score (nSPS) is 21.5. The van der Waals surface area contributed by atoms with E-state index in [0.29, 0.717) is 16.1 Å². The highest BCUT2D eigenvalue weighted by atomic mass is 79.9. The van der Waals surface area contributed by atoms with Crippen LogP contribution < -0.4 is 10.6 Å². The zero-order valence-corrected chi connectivity index (χ0v) is 18.1. The van der Waals surface area contributed by atoms with E-state index < -0.39 is 0 Å². The highest BCUT2D eigenvalue weighted by Gasteiger charge is 2.33. The number of anilines is 2. The Bertz CT molecular complexity index is 1100. The summed E-state index contributed by atoms with van der Waals surface area (Å²) in [6.45, 7) is 2.42. The van der Waals surface area contributed by atoms with Crippen LogP contribution in [-0.2, 0) is 0 Å². The van der Waals surface area contributed by atoms with Crippen molar-refractivity contribution in [3.05, 3.63) is 58.4 Å². The standard InChI is InChI=1S/C23H24BrFN4O/c24-20-11-15(25)3-5-22(20)28-23(30)27-16-4-6-21-18(12-16)19(13-26-21)14-7-9-29-8-1-2-17(29)10-14/h3-6,11-14,17,26H,1-2,7-10H2,(H2,27,28,30). The Balaban J connectivity index is 1.33. The largest absolute Gasteiger partial charge is 0.361 e. The van der Waals surface area contributed by atoms with Gasteiger partial charge in [0.25, 0.3) is 0 Å². The first-order valence-corrected chi connectivity index (χ1v) is 11.2. The summed E-state index contributed by atoms with van der Waals surface area (Å²) in [7, 11) is 0. The molecule has 3 heterocycles. The van der Waals surface area contributed by atoms with Gasteiger partial charge in [0.05, 0.1) is 5.69 Å². The van der Waals surface area contributed by atoms with Gasteiger partial charge in [-0.05, 0) is 103 Å². The van der Waals surface area contributed by atoms with E-state index in [9.17, 15) is 9.18 Å². The van der Waals surface area contributed by atoms with E-state index in [1.54, 1.807) is 0 Å². The molecule has 0 spiro atoms. The van der Waals surface area contributed by atoms with Crippen molar-refractivity contribution in [2.45, 2.75) is 37.6 Å². The smallest absolute Gasteiger partial charge is 0.323 e. The van der Waals surface area contributed by atoms with Crippen molar-refractivity contribution >= 4 is 44.2 Å². The summed E-state index contributed by atoms with van der Waals surface area (Å²) in [5.74, 6) is 0.194. The van der Waals surface area contributed by atoms with E-state index >= 15 is 0 Å². The van der Waals surface area contributed by atoms with Crippen LogP contribution in [0.3, 0.4) is 0 Å². The molecule has 2 aliphatic rings. The lowest BCUT2D eigenvalue weighted by Crippen LogP contribution is -2.37. The first-order valence-electron chi connectivity index (χ1n) is 10.4. The monoisotopic (exact) mass is 470 g/mol. The minimum atomic E-state index is -0.363. The number of benzene rings is 2. The molecule has 2 aliphatic heterocycles. The second kappa shape index (κ2) is 8.04. The average Bonchev–Trinajstić information content (AvgIpc) is 3.36. The van der Waals surface area contributed by atoms with Gasteiger partial charge in [-0.15, -0.1) is 0 Å². The Morgan fingerprint density at radius 2 is 2.03 bits per heavy atom. The lowest BCUT2D eigenvalue weighted by Gasteiger charge is -2.34. The summed E-state index contributed by atoms with van der Waals surface area (Å²) in [4.78, 5) is 18.5. The van der Waals surface area contributed by atoms with Crippen molar-refractivity contribution in [1.29, 1.82) is 0 Å². The molecule has 2 amide bonds. The molecule has 3 N–H and O–H groups in total. The molecule has 2 atom stereocenters. The van der Waals surface area contributed by atoms with E-state index in [0.717, 1.165) is 17.2 Å². The number of nitrogens with zero attached hydrogens (tertiary/aromatic N) is 1. The van der Waals surface area contributed by atoms with Crippen LogP contribution in [0.25, 0.3) is 10.9 Å². The quantitative estimate of drug-likeness (QED) is 0.435.